The van der Waals surface area contributed by atoms with E-state index in [1.807, 2.05) is 5.32 Å². The first-order valence-electron chi connectivity index (χ1n) is 9.18. The highest BCUT2D eigenvalue weighted by atomic mass is 16.5. The van der Waals surface area contributed by atoms with Crippen molar-refractivity contribution < 1.29 is 28.7 Å². The second-order valence-corrected chi connectivity index (χ2v) is 7.04. The number of amides is 5. The number of nitrogens with zero attached hydrogens (tertiary/aromatic N) is 2. The van der Waals surface area contributed by atoms with E-state index in [1.165, 1.54) is 16.8 Å². The fourth-order valence-electron chi connectivity index (χ4n) is 3.85. The van der Waals surface area contributed by atoms with Crippen LogP contribution in [0.3, 0.4) is 0 Å². The van der Waals surface area contributed by atoms with Gasteiger partial charge in [0, 0.05) is 25.9 Å². The first-order valence-corrected chi connectivity index (χ1v) is 9.18. The molecule has 0 unspecified atom stereocenters. The Labute approximate surface area is 167 Å². The third kappa shape index (κ3) is 3.20. The van der Waals surface area contributed by atoms with Gasteiger partial charge < -0.3 is 15.0 Å². The predicted octanol–water partition coefficient (Wildman–Crippen LogP) is 0.373. The molecule has 0 saturated carbocycles. The average molecular weight is 402 g/mol. The number of imide groups is 1. The van der Waals surface area contributed by atoms with Crippen molar-refractivity contribution in [1.82, 2.24) is 15.5 Å². The molecular formula is C19H22N4O6. The number of para-hydroxylation sites is 1. The van der Waals surface area contributed by atoms with E-state index in [2.05, 4.69) is 5.32 Å². The lowest BCUT2D eigenvalue weighted by Gasteiger charge is -2.50. The minimum absolute atomic E-state index is 0.0417. The molecule has 2 aliphatic rings. The Hall–Kier alpha value is -3.43. The van der Waals surface area contributed by atoms with E-state index in [1.54, 1.807) is 38.1 Å². The Morgan fingerprint density at radius 3 is 2.55 bits per heavy atom. The first kappa shape index (κ1) is 20.3. The molecule has 0 radical (unpaired) electrons. The van der Waals surface area contributed by atoms with Crippen molar-refractivity contribution in [3.63, 3.8) is 0 Å². The zero-order valence-electron chi connectivity index (χ0n) is 16.4. The highest BCUT2D eigenvalue weighted by Crippen LogP contribution is 2.45. The number of hydrogen-bond donors (Lipinski definition) is 2. The normalized spacial score (nSPS) is 20.3. The van der Waals surface area contributed by atoms with Crippen LogP contribution in [0.4, 0.5) is 10.5 Å². The van der Waals surface area contributed by atoms with Gasteiger partial charge in [-0.1, -0.05) is 12.1 Å². The number of urea groups is 1. The van der Waals surface area contributed by atoms with Crippen molar-refractivity contribution in [3.05, 3.63) is 29.8 Å². The summed E-state index contributed by atoms with van der Waals surface area (Å²) in [7, 11) is 1.33. The van der Waals surface area contributed by atoms with Gasteiger partial charge in [0.1, 0.15) is 0 Å². The Kier molecular flexibility index (Phi) is 5.27. The van der Waals surface area contributed by atoms with Crippen LogP contribution in [0.25, 0.3) is 0 Å². The van der Waals surface area contributed by atoms with Gasteiger partial charge in [-0.15, -0.1) is 0 Å². The first-order chi connectivity index (χ1) is 13.7. The molecule has 1 saturated heterocycles. The molecule has 10 nitrogen and oxygen atoms in total. The molecule has 1 aromatic carbocycles. The van der Waals surface area contributed by atoms with Gasteiger partial charge in [-0.25, -0.2) is 9.59 Å². The molecule has 2 aliphatic heterocycles. The number of rotatable bonds is 4. The molecule has 10 heteroatoms. The van der Waals surface area contributed by atoms with Crippen molar-refractivity contribution in [2.24, 2.45) is 0 Å². The van der Waals surface area contributed by atoms with Crippen LogP contribution in [0.1, 0.15) is 37.0 Å². The number of fused-ring (bicyclic) bond motifs is 3. The number of benzene rings is 1. The van der Waals surface area contributed by atoms with E-state index in [-0.39, 0.29) is 18.7 Å². The minimum Gasteiger partial charge on any atom is -0.452 e. The smallest absolute Gasteiger partial charge is 0.354 e. The van der Waals surface area contributed by atoms with Crippen molar-refractivity contribution >= 4 is 35.4 Å². The van der Waals surface area contributed by atoms with Gasteiger partial charge in [0.25, 0.3) is 11.8 Å². The van der Waals surface area contributed by atoms with Gasteiger partial charge in [0.05, 0.1) is 11.3 Å². The molecule has 1 aromatic rings. The molecule has 154 valence electrons. The SMILES string of the molecule is CNC(=O)NC(=O)COC(=O)[C@]12CCC(=O)N1c1ccccc1C(=O)N2C(C)C. The molecule has 0 bridgehead atoms. The van der Waals surface area contributed by atoms with Crippen LogP contribution in [0.5, 0.6) is 0 Å². The lowest BCUT2D eigenvalue weighted by atomic mass is 9.95. The number of hydrogen-bond acceptors (Lipinski definition) is 6. The fourth-order valence-corrected chi connectivity index (χ4v) is 3.85. The van der Waals surface area contributed by atoms with Gasteiger partial charge in [-0.2, -0.15) is 0 Å². The molecule has 0 aliphatic carbocycles. The summed E-state index contributed by atoms with van der Waals surface area (Å²) in [5.74, 6) is -2.44. The Bertz CT molecular complexity index is 898. The molecule has 29 heavy (non-hydrogen) atoms. The van der Waals surface area contributed by atoms with Crippen LogP contribution in [0.15, 0.2) is 24.3 Å². The van der Waals surface area contributed by atoms with E-state index < -0.39 is 42.1 Å². The average Bonchev–Trinajstić information content (AvgIpc) is 3.04. The number of esters is 1. The lowest BCUT2D eigenvalue weighted by Crippen LogP contribution is -2.70. The van der Waals surface area contributed by atoms with Gasteiger partial charge in [0.15, 0.2) is 6.61 Å². The zero-order chi connectivity index (χ0) is 21.3. The fraction of sp³-hybridized carbons (Fsp3) is 0.421. The Morgan fingerprint density at radius 2 is 1.90 bits per heavy atom. The highest BCUT2D eigenvalue weighted by Gasteiger charge is 2.62. The number of ether oxygens (including phenoxy) is 1. The molecule has 1 atom stereocenters. The van der Waals surface area contributed by atoms with Crippen LogP contribution >= 0.6 is 0 Å². The van der Waals surface area contributed by atoms with Crippen LogP contribution in [-0.4, -0.2) is 60.0 Å². The second kappa shape index (κ2) is 7.53. The summed E-state index contributed by atoms with van der Waals surface area (Å²) in [5.41, 5.74) is -1.02. The van der Waals surface area contributed by atoms with E-state index >= 15 is 0 Å². The summed E-state index contributed by atoms with van der Waals surface area (Å²) in [6.45, 7) is 2.75. The summed E-state index contributed by atoms with van der Waals surface area (Å²) in [6, 6.07) is 5.41. The van der Waals surface area contributed by atoms with E-state index in [0.29, 0.717) is 11.3 Å². The molecule has 5 amide bonds. The van der Waals surface area contributed by atoms with Crippen LogP contribution < -0.4 is 15.5 Å². The quantitative estimate of drug-likeness (QED) is 0.701. The van der Waals surface area contributed by atoms with E-state index in [4.69, 9.17) is 4.74 Å². The zero-order valence-corrected chi connectivity index (χ0v) is 16.4. The van der Waals surface area contributed by atoms with Crippen molar-refractivity contribution in [3.8, 4) is 0 Å². The maximum absolute atomic E-state index is 13.2. The molecule has 0 aromatic heterocycles. The van der Waals surface area contributed by atoms with Crippen LogP contribution in [-0.2, 0) is 19.1 Å². The summed E-state index contributed by atoms with van der Waals surface area (Å²) in [5, 5.41) is 4.20. The maximum Gasteiger partial charge on any atom is 0.354 e. The molecule has 0 spiro atoms. The Morgan fingerprint density at radius 1 is 1.21 bits per heavy atom. The third-order valence-corrected chi connectivity index (χ3v) is 4.96. The van der Waals surface area contributed by atoms with Crippen molar-refractivity contribution in [2.45, 2.75) is 38.4 Å². The van der Waals surface area contributed by atoms with Crippen molar-refractivity contribution in [1.29, 1.82) is 0 Å². The van der Waals surface area contributed by atoms with E-state index in [0.717, 1.165) is 0 Å². The molecule has 2 N–H and O–H groups in total. The van der Waals surface area contributed by atoms with Crippen LogP contribution in [0, 0.1) is 0 Å². The van der Waals surface area contributed by atoms with Gasteiger partial charge in [0.2, 0.25) is 11.6 Å². The van der Waals surface area contributed by atoms with Gasteiger partial charge in [-0.3, -0.25) is 24.6 Å². The largest absolute Gasteiger partial charge is 0.452 e. The third-order valence-electron chi connectivity index (χ3n) is 4.96. The monoisotopic (exact) mass is 402 g/mol. The standard InChI is InChI=1S/C19H22N4O6/c1-11(2)22-16(26)12-6-4-5-7-13(12)23-15(25)8-9-19(22,23)17(27)29-10-14(24)21-18(28)20-3/h4-7,11H,8-10H2,1-3H3,(H2,20,21,24,28)/t19-/m0/s1. The van der Waals surface area contributed by atoms with Gasteiger partial charge >= 0.3 is 12.0 Å². The molecule has 3 rings (SSSR count). The second-order valence-electron chi connectivity index (χ2n) is 7.04. The molecular weight excluding hydrogens is 380 g/mol. The van der Waals surface area contributed by atoms with Crippen LogP contribution in [0.2, 0.25) is 0 Å². The number of carbonyl (C=O) groups excluding carboxylic acids is 5. The topological polar surface area (TPSA) is 125 Å². The summed E-state index contributed by atoms with van der Waals surface area (Å²) in [4.78, 5) is 64.8. The predicted molar refractivity (Wildman–Crippen MR) is 101 cm³/mol. The minimum atomic E-state index is -1.68. The summed E-state index contributed by atoms with van der Waals surface area (Å²) < 4.78 is 5.17. The number of carbonyl (C=O) groups is 5. The summed E-state index contributed by atoms with van der Waals surface area (Å²) in [6.07, 6.45) is 0.0877. The number of nitrogens with one attached hydrogen (secondary N) is 2. The molecule has 1 fully saturated rings. The number of anilines is 1. The highest BCUT2D eigenvalue weighted by molar-refractivity contribution is 6.15. The van der Waals surface area contributed by atoms with E-state index in [9.17, 15) is 24.0 Å². The lowest BCUT2D eigenvalue weighted by molar-refractivity contribution is -0.160. The van der Waals surface area contributed by atoms with Gasteiger partial charge in [-0.05, 0) is 26.0 Å². The van der Waals surface area contributed by atoms with Crippen molar-refractivity contribution in [2.75, 3.05) is 18.6 Å². The summed E-state index contributed by atoms with van der Waals surface area (Å²) >= 11 is 0. The maximum atomic E-state index is 13.2. The Balaban J connectivity index is 1.98. The molecule has 2 heterocycles.